The maximum Gasteiger partial charge on any atom is 0.415 e. The average Bonchev–Trinajstić information content (AvgIpc) is 3.40. The Hall–Kier alpha value is -3.84. The molecule has 1 aromatic heterocycles. The third-order valence-electron chi connectivity index (χ3n) is 8.31. The van der Waals surface area contributed by atoms with Crippen LogP contribution >= 0.6 is 11.6 Å². The van der Waals surface area contributed by atoms with Crippen LogP contribution in [0.3, 0.4) is 0 Å². The summed E-state index contributed by atoms with van der Waals surface area (Å²) < 4.78 is 18.8. The Labute approximate surface area is 243 Å². The Balaban J connectivity index is 1.38. The van der Waals surface area contributed by atoms with Gasteiger partial charge in [0, 0.05) is 43.7 Å². The van der Waals surface area contributed by atoms with Crippen LogP contribution in [-0.2, 0) is 0 Å². The largest absolute Gasteiger partial charge is 0.415 e. The second kappa shape index (κ2) is 12.0. The van der Waals surface area contributed by atoms with E-state index in [0.717, 1.165) is 11.3 Å². The number of Topliss-reactive ketones (excluding diaryl/α,β-unsaturated/α-hetero) is 1. The predicted molar refractivity (Wildman–Crippen MR) is 152 cm³/mol. The third kappa shape index (κ3) is 5.96. The lowest BCUT2D eigenvalue weighted by molar-refractivity contribution is 0.0864. The van der Waals surface area contributed by atoms with Crippen LogP contribution in [0.4, 0.5) is 9.18 Å². The van der Waals surface area contributed by atoms with Crippen LogP contribution in [-0.4, -0.2) is 53.5 Å². The van der Waals surface area contributed by atoms with Crippen LogP contribution < -0.4 is 15.4 Å². The van der Waals surface area contributed by atoms with Gasteiger partial charge in [0.1, 0.15) is 11.6 Å². The lowest BCUT2D eigenvalue weighted by Crippen LogP contribution is -2.53. The topological polar surface area (TPSA) is 107 Å². The number of hydrogen-bond acceptors (Lipinski definition) is 7. The minimum absolute atomic E-state index is 0.115. The van der Waals surface area contributed by atoms with E-state index in [0.29, 0.717) is 36.5 Å². The standard InChI is InChI=1S/C31H31ClFN5O3/c1-31(38(2)30(40)41-23-9-7-21(33)8-10-23)18-35-17-25(31)19-6-11-26(32)24(14-19)29(39)20-13-22(16-34)37-28(15-20)27-5-3-4-12-36-27/h3-12,14,20,22,25,28,35,37H,13,15,17-18H2,1-2H3/t20?,22?,25-,28?,31+/m1/s1. The summed E-state index contributed by atoms with van der Waals surface area (Å²) in [6.07, 6.45) is 1.99. The summed E-state index contributed by atoms with van der Waals surface area (Å²) >= 11 is 6.59. The van der Waals surface area contributed by atoms with Gasteiger partial charge in [-0.3, -0.25) is 15.1 Å². The number of carbonyl (C=O) groups is 2. The highest BCUT2D eigenvalue weighted by molar-refractivity contribution is 6.34. The quantitative estimate of drug-likeness (QED) is 0.386. The zero-order chi connectivity index (χ0) is 29.1. The fourth-order valence-electron chi connectivity index (χ4n) is 5.83. The van der Waals surface area contributed by atoms with Gasteiger partial charge in [-0.2, -0.15) is 5.26 Å². The molecule has 2 saturated heterocycles. The molecule has 41 heavy (non-hydrogen) atoms. The number of rotatable bonds is 6. The number of nitriles is 1. The Bertz CT molecular complexity index is 1460. The number of likely N-dealkylation sites (N-methyl/N-ethyl adjacent to an activating group) is 1. The molecule has 2 aromatic carbocycles. The van der Waals surface area contributed by atoms with Gasteiger partial charge in [0.25, 0.3) is 0 Å². The summed E-state index contributed by atoms with van der Waals surface area (Å²) in [7, 11) is 1.67. The highest BCUT2D eigenvalue weighted by Crippen LogP contribution is 2.39. The fraction of sp³-hybridized carbons (Fsp3) is 0.355. The molecule has 2 aliphatic rings. The lowest BCUT2D eigenvalue weighted by atomic mass is 9.79. The van der Waals surface area contributed by atoms with Crippen molar-refractivity contribution in [2.75, 3.05) is 20.1 Å². The first-order valence-electron chi connectivity index (χ1n) is 13.5. The van der Waals surface area contributed by atoms with Crippen molar-refractivity contribution in [1.29, 1.82) is 5.26 Å². The zero-order valence-corrected chi connectivity index (χ0v) is 23.6. The van der Waals surface area contributed by atoms with Crippen molar-refractivity contribution in [2.45, 2.75) is 43.3 Å². The number of carbonyl (C=O) groups excluding carboxylic acids is 2. The normalized spacial score (nSPS) is 25.7. The van der Waals surface area contributed by atoms with Crippen molar-refractivity contribution in [2.24, 2.45) is 5.92 Å². The number of nitrogens with one attached hydrogen (secondary N) is 2. The average molecular weight is 576 g/mol. The molecule has 5 rings (SSSR count). The van der Waals surface area contributed by atoms with Gasteiger partial charge in [-0.25, -0.2) is 9.18 Å². The van der Waals surface area contributed by atoms with Crippen LogP contribution in [0.15, 0.2) is 66.9 Å². The van der Waals surface area contributed by atoms with E-state index in [2.05, 4.69) is 21.7 Å². The first-order chi connectivity index (χ1) is 19.7. The molecule has 0 aliphatic carbocycles. The van der Waals surface area contributed by atoms with E-state index < -0.39 is 29.4 Å². The van der Waals surface area contributed by atoms with E-state index in [4.69, 9.17) is 16.3 Å². The first-order valence-corrected chi connectivity index (χ1v) is 13.9. The molecular formula is C31H31ClFN5O3. The van der Waals surface area contributed by atoms with Crippen molar-refractivity contribution < 1.29 is 18.7 Å². The van der Waals surface area contributed by atoms with Gasteiger partial charge in [-0.1, -0.05) is 23.7 Å². The highest BCUT2D eigenvalue weighted by atomic mass is 35.5. The fourth-order valence-corrected chi connectivity index (χ4v) is 6.04. The Morgan fingerprint density at radius 3 is 2.66 bits per heavy atom. The van der Waals surface area contributed by atoms with E-state index in [1.165, 1.54) is 24.3 Å². The number of hydrogen-bond donors (Lipinski definition) is 2. The molecule has 5 atom stereocenters. The molecule has 0 spiro atoms. The molecule has 3 unspecified atom stereocenters. The number of pyridine rings is 1. The van der Waals surface area contributed by atoms with Crippen LogP contribution in [0.1, 0.15) is 53.3 Å². The molecule has 1 amide bonds. The van der Waals surface area contributed by atoms with Gasteiger partial charge >= 0.3 is 6.09 Å². The molecule has 0 saturated carbocycles. The lowest BCUT2D eigenvalue weighted by Gasteiger charge is -2.39. The van der Waals surface area contributed by atoms with E-state index in [1.54, 1.807) is 24.2 Å². The van der Waals surface area contributed by atoms with Crippen molar-refractivity contribution in [3.05, 3.63) is 94.5 Å². The van der Waals surface area contributed by atoms with Gasteiger partial charge < -0.3 is 15.0 Å². The van der Waals surface area contributed by atoms with Gasteiger partial charge in [-0.15, -0.1) is 0 Å². The number of ether oxygens (including phenoxy) is 1. The van der Waals surface area contributed by atoms with Crippen LogP contribution in [0.25, 0.3) is 0 Å². The second-order valence-corrected chi connectivity index (χ2v) is 11.3. The molecule has 2 fully saturated rings. The minimum Gasteiger partial charge on any atom is -0.410 e. The van der Waals surface area contributed by atoms with Crippen LogP contribution in [0.5, 0.6) is 5.75 Å². The molecular weight excluding hydrogens is 545 g/mol. The maximum absolute atomic E-state index is 13.9. The summed E-state index contributed by atoms with van der Waals surface area (Å²) in [5.74, 6) is -0.870. The van der Waals surface area contributed by atoms with E-state index in [-0.39, 0.29) is 23.5 Å². The molecule has 8 nitrogen and oxygen atoms in total. The summed E-state index contributed by atoms with van der Waals surface area (Å²) in [4.78, 5) is 32.9. The third-order valence-corrected chi connectivity index (χ3v) is 8.64. The van der Waals surface area contributed by atoms with Crippen LogP contribution in [0, 0.1) is 23.1 Å². The number of piperidine rings is 1. The van der Waals surface area contributed by atoms with E-state index in [9.17, 15) is 19.2 Å². The van der Waals surface area contributed by atoms with Crippen molar-refractivity contribution in [1.82, 2.24) is 20.5 Å². The number of nitrogens with zero attached hydrogens (tertiary/aromatic N) is 3. The van der Waals surface area contributed by atoms with Gasteiger partial charge in [-0.05, 0) is 73.9 Å². The van der Waals surface area contributed by atoms with Gasteiger partial charge in [0.15, 0.2) is 5.78 Å². The number of ketones is 1. The molecule has 3 aromatic rings. The maximum atomic E-state index is 13.9. The van der Waals surface area contributed by atoms with Crippen molar-refractivity contribution >= 4 is 23.5 Å². The zero-order valence-electron chi connectivity index (χ0n) is 22.8. The number of amides is 1. The molecule has 0 radical (unpaired) electrons. The summed E-state index contributed by atoms with van der Waals surface area (Å²) in [5, 5.41) is 16.7. The highest BCUT2D eigenvalue weighted by Gasteiger charge is 2.46. The van der Waals surface area contributed by atoms with E-state index >= 15 is 0 Å². The summed E-state index contributed by atoms with van der Waals surface area (Å²) in [6, 6.07) is 17.8. The SMILES string of the molecule is CN(C(=O)Oc1ccc(F)cc1)[C@@]1(C)CNC[C@@H]1c1ccc(Cl)c(C(=O)C2CC(C#N)NC(c3ccccn3)C2)c1. The molecule has 10 heteroatoms. The van der Waals surface area contributed by atoms with Crippen LogP contribution in [0.2, 0.25) is 5.02 Å². The number of aromatic nitrogens is 1. The van der Waals surface area contributed by atoms with Crippen molar-refractivity contribution in [3.63, 3.8) is 0 Å². The summed E-state index contributed by atoms with van der Waals surface area (Å²) in [5.41, 5.74) is 1.36. The first kappa shape index (κ1) is 28.7. The second-order valence-electron chi connectivity index (χ2n) is 10.8. The Kier molecular flexibility index (Phi) is 8.36. The smallest absolute Gasteiger partial charge is 0.410 e. The Morgan fingerprint density at radius 1 is 1.17 bits per heavy atom. The molecule has 212 valence electrons. The molecule has 2 N–H and O–H groups in total. The minimum atomic E-state index is -0.685. The molecule has 0 bridgehead atoms. The molecule has 2 aliphatic heterocycles. The van der Waals surface area contributed by atoms with Gasteiger partial charge in [0.2, 0.25) is 0 Å². The van der Waals surface area contributed by atoms with Gasteiger partial charge in [0.05, 0.1) is 34.4 Å². The number of halogens is 2. The monoisotopic (exact) mass is 575 g/mol. The van der Waals surface area contributed by atoms with E-state index in [1.807, 2.05) is 37.3 Å². The molecule has 3 heterocycles. The van der Waals surface area contributed by atoms with Crippen molar-refractivity contribution in [3.8, 4) is 11.8 Å². The predicted octanol–water partition coefficient (Wildman–Crippen LogP) is 5.27. The number of benzene rings is 2. The Morgan fingerprint density at radius 2 is 1.95 bits per heavy atom. The summed E-state index contributed by atoms with van der Waals surface area (Å²) in [6.45, 7) is 3.04.